The third kappa shape index (κ3) is 3.44. The summed E-state index contributed by atoms with van der Waals surface area (Å²) < 4.78 is 18.5. The summed E-state index contributed by atoms with van der Waals surface area (Å²) in [5, 5.41) is 5.72. The smallest absolute Gasteiger partial charge is 0.217 e. The number of pyridine rings is 1. The van der Waals surface area contributed by atoms with Gasteiger partial charge in [-0.25, -0.2) is 4.98 Å². The van der Waals surface area contributed by atoms with Crippen LogP contribution in [-0.4, -0.2) is 4.98 Å². The number of ether oxygens (including phenoxy) is 1. The Kier molecular flexibility index (Phi) is 3.95. The van der Waals surface area contributed by atoms with Crippen molar-refractivity contribution in [2.24, 2.45) is 5.14 Å². The van der Waals surface area contributed by atoms with Gasteiger partial charge >= 0.3 is 0 Å². The zero-order valence-corrected chi connectivity index (χ0v) is 9.78. The number of aromatic nitrogens is 1. The van der Waals surface area contributed by atoms with Crippen molar-refractivity contribution in [1.29, 1.82) is 0 Å². The number of hydrogen-bond donors (Lipinski definition) is 1. The van der Waals surface area contributed by atoms with E-state index in [1.54, 1.807) is 6.07 Å². The molecule has 3 nitrogen and oxygen atoms in total. The zero-order chi connectivity index (χ0) is 12.1. The van der Waals surface area contributed by atoms with E-state index < -0.39 is 5.95 Å². The predicted octanol–water partition coefficient (Wildman–Crippen LogP) is 2.77. The summed E-state index contributed by atoms with van der Waals surface area (Å²) in [6.45, 7) is 0.388. The molecule has 1 aromatic heterocycles. The van der Waals surface area contributed by atoms with Crippen LogP contribution in [0.25, 0.3) is 0 Å². The van der Waals surface area contributed by atoms with E-state index in [1.807, 2.05) is 30.3 Å². The van der Waals surface area contributed by atoms with E-state index in [0.29, 0.717) is 17.4 Å². The lowest BCUT2D eigenvalue weighted by Gasteiger charge is -2.07. The quantitative estimate of drug-likeness (QED) is 0.669. The van der Waals surface area contributed by atoms with E-state index in [1.165, 1.54) is 6.07 Å². The summed E-state index contributed by atoms with van der Waals surface area (Å²) in [6.07, 6.45) is 0. The molecule has 0 aliphatic rings. The molecule has 0 saturated carbocycles. The van der Waals surface area contributed by atoms with Gasteiger partial charge in [-0.15, -0.1) is 0 Å². The second-order valence-corrected chi connectivity index (χ2v) is 4.01. The van der Waals surface area contributed by atoms with Crippen molar-refractivity contribution in [2.45, 2.75) is 11.6 Å². The third-order valence-corrected chi connectivity index (χ3v) is 2.56. The highest BCUT2D eigenvalue weighted by Gasteiger charge is 2.03. The lowest BCUT2D eigenvalue weighted by molar-refractivity contribution is 0.302. The van der Waals surface area contributed by atoms with Crippen LogP contribution in [-0.2, 0) is 6.61 Å². The van der Waals surface area contributed by atoms with Gasteiger partial charge in [0.25, 0.3) is 0 Å². The maximum atomic E-state index is 13.1. The van der Waals surface area contributed by atoms with Crippen LogP contribution in [0.5, 0.6) is 5.75 Å². The number of hydrogen-bond acceptors (Lipinski definition) is 4. The predicted molar refractivity (Wildman–Crippen MR) is 65.0 cm³/mol. The molecule has 0 amide bonds. The van der Waals surface area contributed by atoms with Crippen molar-refractivity contribution in [3.63, 3.8) is 0 Å². The average Bonchev–Trinajstić information content (AvgIpc) is 2.37. The Morgan fingerprint density at radius 1 is 1.24 bits per heavy atom. The van der Waals surface area contributed by atoms with Crippen LogP contribution in [0.15, 0.2) is 47.5 Å². The van der Waals surface area contributed by atoms with Crippen molar-refractivity contribution >= 4 is 11.9 Å². The van der Waals surface area contributed by atoms with Gasteiger partial charge in [-0.2, -0.15) is 4.39 Å². The first-order valence-corrected chi connectivity index (χ1v) is 5.87. The van der Waals surface area contributed by atoms with Gasteiger partial charge in [-0.3, -0.25) is 5.14 Å². The Balaban J connectivity index is 2.06. The molecule has 2 aromatic rings. The number of rotatable bonds is 4. The average molecular weight is 250 g/mol. The van der Waals surface area contributed by atoms with Crippen LogP contribution >= 0.6 is 11.9 Å². The molecule has 1 heterocycles. The normalized spacial score (nSPS) is 10.2. The molecule has 88 valence electrons. The molecule has 0 spiro atoms. The van der Waals surface area contributed by atoms with E-state index in [-0.39, 0.29) is 0 Å². The van der Waals surface area contributed by atoms with Crippen molar-refractivity contribution in [3.8, 4) is 5.75 Å². The van der Waals surface area contributed by atoms with Gasteiger partial charge in [-0.05, 0) is 17.5 Å². The summed E-state index contributed by atoms with van der Waals surface area (Å²) in [5.41, 5.74) is 1.02. The SMILES string of the molecule is NSc1cc(OCc2ccccc2)cc(F)n1. The molecule has 0 saturated heterocycles. The second kappa shape index (κ2) is 5.65. The Hall–Kier alpha value is -1.59. The second-order valence-electron chi connectivity index (χ2n) is 3.36. The molecule has 1 aromatic carbocycles. The lowest BCUT2D eigenvalue weighted by Crippen LogP contribution is -1.97. The first-order valence-electron chi connectivity index (χ1n) is 4.99. The lowest BCUT2D eigenvalue weighted by atomic mass is 10.2. The van der Waals surface area contributed by atoms with E-state index in [4.69, 9.17) is 9.88 Å². The molecule has 5 heteroatoms. The van der Waals surface area contributed by atoms with Gasteiger partial charge < -0.3 is 4.74 Å². The van der Waals surface area contributed by atoms with Crippen LogP contribution in [0.1, 0.15) is 5.56 Å². The Labute approximate surface area is 103 Å². The molecule has 17 heavy (non-hydrogen) atoms. The van der Waals surface area contributed by atoms with E-state index >= 15 is 0 Å². The van der Waals surface area contributed by atoms with Crippen LogP contribution in [0.4, 0.5) is 4.39 Å². The van der Waals surface area contributed by atoms with Crippen molar-refractivity contribution in [1.82, 2.24) is 4.98 Å². The van der Waals surface area contributed by atoms with E-state index in [2.05, 4.69) is 4.98 Å². The largest absolute Gasteiger partial charge is 0.489 e. The molecule has 0 bridgehead atoms. The molecular formula is C12H11FN2OS. The van der Waals surface area contributed by atoms with Crippen LogP contribution in [0.2, 0.25) is 0 Å². The summed E-state index contributed by atoms with van der Waals surface area (Å²) in [6, 6.07) is 12.5. The van der Waals surface area contributed by atoms with Crippen LogP contribution < -0.4 is 9.88 Å². The number of halogens is 1. The zero-order valence-electron chi connectivity index (χ0n) is 8.97. The molecule has 2 rings (SSSR count). The van der Waals surface area contributed by atoms with Gasteiger partial charge in [0.1, 0.15) is 17.4 Å². The number of nitrogens with two attached hydrogens (primary N) is 1. The topological polar surface area (TPSA) is 48.1 Å². The van der Waals surface area contributed by atoms with Crippen molar-refractivity contribution < 1.29 is 9.13 Å². The minimum absolute atomic E-state index is 0.388. The van der Waals surface area contributed by atoms with Crippen LogP contribution in [0.3, 0.4) is 0 Å². The minimum Gasteiger partial charge on any atom is -0.489 e. The molecule has 0 unspecified atom stereocenters. The molecule has 0 atom stereocenters. The summed E-state index contributed by atoms with van der Waals surface area (Å²) in [4.78, 5) is 3.60. The first-order chi connectivity index (χ1) is 8.28. The monoisotopic (exact) mass is 250 g/mol. The van der Waals surface area contributed by atoms with Gasteiger partial charge in [0.2, 0.25) is 5.95 Å². The number of benzene rings is 1. The Bertz CT molecular complexity index is 493. The molecule has 0 radical (unpaired) electrons. The molecule has 2 N–H and O–H groups in total. The van der Waals surface area contributed by atoms with E-state index in [0.717, 1.165) is 17.5 Å². The fourth-order valence-corrected chi connectivity index (χ4v) is 1.66. The Morgan fingerprint density at radius 3 is 2.71 bits per heavy atom. The highest BCUT2D eigenvalue weighted by Crippen LogP contribution is 2.19. The van der Waals surface area contributed by atoms with Crippen molar-refractivity contribution in [2.75, 3.05) is 0 Å². The van der Waals surface area contributed by atoms with Gasteiger partial charge in [0, 0.05) is 12.1 Å². The molecule has 0 aliphatic carbocycles. The summed E-state index contributed by atoms with van der Waals surface area (Å²) in [7, 11) is 0. The highest BCUT2D eigenvalue weighted by atomic mass is 32.2. The van der Waals surface area contributed by atoms with Crippen LogP contribution in [0, 0.1) is 5.95 Å². The Morgan fingerprint density at radius 2 is 2.00 bits per heavy atom. The van der Waals surface area contributed by atoms with Gasteiger partial charge in [-0.1, -0.05) is 30.3 Å². The van der Waals surface area contributed by atoms with Gasteiger partial charge in [0.15, 0.2) is 0 Å². The fraction of sp³-hybridized carbons (Fsp3) is 0.0833. The fourth-order valence-electron chi connectivity index (χ4n) is 1.34. The minimum atomic E-state index is -0.594. The maximum Gasteiger partial charge on any atom is 0.217 e. The molecule has 0 fully saturated rings. The number of nitrogens with zero attached hydrogens (tertiary/aromatic N) is 1. The standard InChI is InChI=1S/C12H11FN2OS/c13-11-6-10(7-12(15-11)17-14)16-8-9-4-2-1-3-5-9/h1-7H,8,14H2. The van der Waals surface area contributed by atoms with Crippen molar-refractivity contribution in [3.05, 3.63) is 54.0 Å². The van der Waals surface area contributed by atoms with E-state index in [9.17, 15) is 4.39 Å². The van der Waals surface area contributed by atoms with Gasteiger partial charge in [0.05, 0.1) is 0 Å². The maximum absolute atomic E-state index is 13.1. The molecular weight excluding hydrogens is 239 g/mol. The summed E-state index contributed by atoms with van der Waals surface area (Å²) >= 11 is 0.888. The highest BCUT2D eigenvalue weighted by molar-refractivity contribution is 7.97. The third-order valence-electron chi connectivity index (χ3n) is 2.11. The first kappa shape index (κ1) is 11.9. The summed E-state index contributed by atoms with van der Waals surface area (Å²) in [5.74, 6) is -0.169. The molecule has 0 aliphatic heterocycles.